The Balaban J connectivity index is 1.86. The quantitative estimate of drug-likeness (QED) is 0.845. The van der Waals surface area contributed by atoms with Gasteiger partial charge in [0.25, 0.3) is 0 Å². The Morgan fingerprint density at radius 1 is 1.30 bits per heavy atom. The molecule has 0 aliphatic carbocycles. The van der Waals surface area contributed by atoms with Crippen LogP contribution in [0, 0.1) is 5.92 Å². The number of carbonyl (C=O) groups excluding carboxylic acids is 1. The van der Waals surface area contributed by atoms with Crippen molar-refractivity contribution in [2.24, 2.45) is 11.1 Å². The number of hydrogen-bond donors (Lipinski definition) is 0. The van der Waals surface area contributed by atoms with Crippen LogP contribution < -0.4 is 4.90 Å². The molecule has 0 saturated carbocycles. The highest BCUT2D eigenvalue weighted by Crippen LogP contribution is 2.35. The summed E-state index contributed by atoms with van der Waals surface area (Å²) in [5.41, 5.74) is 3.28. The van der Waals surface area contributed by atoms with Crippen LogP contribution in [0.1, 0.15) is 52.0 Å². The van der Waals surface area contributed by atoms with Gasteiger partial charge in [0.2, 0.25) is 5.91 Å². The molecule has 1 aromatic carbocycles. The predicted octanol–water partition coefficient (Wildman–Crippen LogP) is 3.94. The van der Waals surface area contributed by atoms with E-state index < -0.39 is 0 Å². The van der Waals surface area contributed by atoms with Crippen LogP contribution in [0.25, 0.3) is 0 Å². The third kappa shape index (κ3) is 2.99. The maximum absolute atomic E-state index is 12.5. The van der Waals surface area contributed by atoms with E-state index in [4.69, 9.17) is 4.84 Å². The maximum atomic E-state index is 12.5. The topological polar surface area (TPSA) is 41.9 Å². The molecule has 0 saturated heterocycles. The average molecular weight is 314 g/mol. The molecule has 3 rings (SSSR count). The molecule has 0 radical (unpaired) electrons. The predicted molar refractivity (Wildman–Crippen MR) is 92.7 cm³/mol. The fourth-order valence-corrected chi connectivity index (χ4v) is 3.69. The molecular formula is C19H26N2O2. The minimum atomic E-state index is 0.0184. The summed E-state index contributed by atoms with van der Waals surface area (Å²) in [5.74, 6) is 0.607. The monoisotopic (exact) mass is 314 g/mol. The molecule has 1 aromatic rings. The Labute approximate surface area is 138 Å². The molecule has 4 heteroatoms. The Morgan fingerprint density at radius 2 is 2.09 bits per heavy atom. The van der Waals surface area contributed by atoms with Gasteiger partial charge in [0, 0.05) is 24.4 Å². The van der Waals surface area contributed by atoms with Crippen LogP contribution in [0.4, 0.5) is 5.69 Å². The summed E-state index contributed by atoms with van der Waals surface area (Å²) in [6.07, 6.45) is 4.62. The Kier molecular flexibility index (Phi) is 4.69. The van der Waals surface area contributed by atoms with Crippen molar-refractivity contribution in [3.8, 4) is 0 Å². The zero-order chi connectivity index (χ0) is 16.4. The summed E-state index contributed by atoms with van der Waals surface area (Å²) in [6.45, 7) is 6.31. The molecule has 2 aliphatic heterocycles. The van der Waals surface area contributed by atoms with Gasteiger partial charge in [-0.25, -0.2) is 0 Å². The Hall–Kier alpha value is -1.84. The van der Waals surface area contributed by atoms with E-state index in [0.717, 1.165) is 37.1 Å². The number of amides is 1. The summed E-state index contributed by atoms with van der Waals surface area (Å²) in [7, 11) is 0. The second kappa shape index (κ2) is 6.73. The summed E-state index contributed by atoms with van der Waals surface area (Å²) >= 11 is 0. The number of carbonyl (C=O) groups is 1. The lowest BCUT2D eigenvalue weighted by Gasteiger charge is -2.32. The summed E-state index contributed by atoms with van der Waals surface area (Å²) in [5, 5.41) is 4.43. The second-order valence-electron chi connectivity index (χ2n) is 6.66. The first kappa shape index (κ1) is 16.0. The SMILES string of the molecule is CCCC1ON=C(C2Cc3ccccc3N2C(=O)CC)CC1C. The highest BCUT2D eigenvalue weighted by molar-refractivity contribution is 6.05. The van der Waals surface area contributed by atoms with E-state index in [1.165, 1.54) is 5.56 Å². The maximum Gasteiger partial charge on any atom is 0.227 e. The lowest BCUT2D eigenvalue weighted by Crippen LogP contribution is -2.45. The van der Waals surface area contributed by atoms with Crippen molar-refractivity contribution in [2.75, 3.05) is 4.90 Å². The van der Waals surface area contributed by atoms with Crippen molar-refractivity contribution in [3.05, 3.63) is 29.8 Å². The van der Waals surface area contributed by atoms with Crippen molar-refractivity contribution >= 4 is 17.3 Å². The molecule has 124 valence electrons. The molecule has 23 heavy (non-hydrogen) atoms. The lowest BCUT2D eigenvalue weighted by molar-refractivity contribution is -0.118. The lowest BCUT2D eigenvalue weighted by atomic mass is 9.90. The van der Waals surface area contributed by atoms with Crippen LogP contribution in [-0.2, 0) is 16.1 Å². The smallest absolute Gasteiger partial charge is 0.227 e. The standard InChI is InChI=1S/C19H26N2O2/c1-4-8-18-13(3)11-15(20-23-18)17-12-14-9-6-7-10-16(14)21(17)19(22)5-2/h6-7,9-10,13,17-18H,4-5,8,11-12H2,1-3H3. The van der Waals surface area contributed by atoms with Gasteiger partial charge in [0.05, 0.1) is 11.8 Å². The number of nitrogens with zero attached hydrogens (tertiary/aromatic N) is 2. The van der Waals surface area contributed by atoms with Gasteiger partial charge in [0.1, 0.15) is 6.10 Å². The largest absolute Gasteiger partial charge is 0.392 e. The zero-order valence-corrected chi connectivity index (χ0v) is 14.3. The van der Waals surface area contributed by atoms with Gasteiger partial charge in [-0.15, -0.1) is 0 Å². The fraction of sp³-hybridized carbons (Fsp3) is 0.579. The third-order valence-corrected chi connectivity index (χ3v) is 4.98. The molecule has 3 unspecified atom stereocenters. The van der Waals surface area contributed by atoms with Gasteiger partial charge < -0.3 is 9.74 Å². The van der Waals surface area contributed by atoms with Gasteiger partial charge in [-0.3, -0.25) is 4.79 Å². The first-order chi connectivity index (χ1) is 11.2. The highest BCUT2D eigenvalue weighted by Gasteiger charge is 2.39. The average Bonchev–Trinajstić information content (AvgIpc) is 2.95. The van der Waals surface area contributed by atoms with E-state index in [2.05, 4.69) is 25.1 Å². The molecule has 0 aromatic heterocycles. The van der Waals surface area contributed by atoms with Crippen molar-refractivity contribution < 1.29 is 9.63 Å². The van der Waals surface area contributed by atoms with Crippen LogP contribution in [0.2, 0.25) is 0 Å². The molecule has 1 amide bonds. The van der Waals surface area contributed by atoms with Crippen molar-refractivity contribution in [1.82, 2.24) is 0 Å². The molecule has 0 fully saturated rings. The van der Waals surface area contributed by atoms with Crippen LogP contribution in [0.15, 0.2) is 29.4 Å². The van der Waals surface area contributed by atoms with Crippen molar-refractivity contribution in [1.29, 1.82) is 0 Å². The summed E-state index contributed by atoms with van der Waals surface area (Å²) in [6, 6.07) is 8.20. The zero-order valence-electron chi connectivity index (χ0n) is 14.3. The third-order valence-electron chi connectivity index (χ3n) is 4.98. The highest BCUT2D eigenvalue weighted by atomic mass is 16.6. The number of anilines is 1. The van der Waals surface area contributed by atoms with E-state index in [1.54, 1.807) is 0 Å². The molecular weight excluding hydrogens is 288 g/mol. The number of rotatable bonds is 4. The van der Waals surface area contributed by atoms with Crippen LogP contribution in [0.3, 0.4) is 0 Å². The van der Waals surface area contributed by atoms with E-state index >= 15 is 0 Å². The summed E-state index contributed by atoms with van der Waals surface area (Å²) in [4.78, 5) is 20.2. The first-order valence-electron chi connectivity index (χ1n) is 8.78. The minimum Gasteiger partial charge on any atom is -0.392 e. The molecule has 2 heterocycles. The van der Waals surface area contributed by atoms with Crippen LogP contribution in [0.5, 0.6) is 0 Å². The number of oxime groups is 1. The van der Waals surface area contributed by atoms with Gasteiger partial charge in [0.15, 0.2) is 0 Å². The molecule has 0 spiro atoms. The number of para-hydroxylation sites is 1. The molecule has 3 atom stereocenters. The Morgan fingerprint density at radius 3 is 2.78 bits per heavy atom. The van der Waals surface area contributed by atoms with Crippen LogP contribution >= 0.6 is 0 Å². The van der Waals surface area contributed by atoms with E-state index in [0.29, 0.717) is 12.3 Å². The van der Waals surface area contributed by atoms with Gasteiger partial charge in [-0.2, -0.15) is 0 Å². The molecule has 4 nitrogen and oxygen atoms in total. The van der Waals surface area contributed by atoms with Gasteiger partial charge in [-0.1, -0.05) is 50.5 Å². The number of fused-ring (bicyclic) bond motifs is 1. The second-order valence-corrected chi connectivity index (χ2v) is 6.66. The fourth-order valence-electron chi connectivity index (χ4n) is 3.69. The summed E-state index contributed by atoms with van der Waals surface area (Å²) < 4.78 is 0. The van der Waals surface area contributed by atoms with Gasteiger partial charge in [-0.05, 0) is 24.5 Å². The number of hydrogen-bond acceptors (Lipinski definition) is 3. The van der Waals surface area contributed by atoms with Crippen molar-refractivity contribution in [3.63, 3.8) is 0 Å². The van der Waals surface area contributed by atoms with Crippen LogP contribution in [-0.4, -0.2) is 23.8 Å². The van der Waals surface area contributed by atoms with E-state index in [-0.39, 0.29) is 18.1 Å². The molecule has 0 bridgehead atoms. The Bertz CT molecular complexity index is 611. The minimum absolute atomic E-state index is 0.0184. The van der Waals surface area contributed by atoms with Gasteiger partial charge >= 0.3 is 0 Å². The normalized spacial score (nSPS) is 26.5. The first-order valence-corrected chi connectivity index (χ1v) is 8.78. The van der Waals surface area contributed by atoms with Crippen molar-refractivity contribution in [2.45, 2.75) is 65.0 Å². The molecule has 0 N–H and O–H groups in total. The molecule has 2 aliphatic rings. The van der Waals surface area contributed by atoms with E-state index in [1.807, 2.05) is 30.0 Å². The van der Waals surface area contributed by atoms with E-state index in [9.17, 15) is 4.79 Å². The number of benzene rings is 1.